The second-order valence-corrected chi connectivity index (χ2v) is 8.15. The summed E-state index contributed by atoms with van der Waals surface area (Å²) in [5.74, 6) is -3.37. The van der Waals surface area contributed by atoms with Gasteiger partial charge in [-0.25, -0.2) is 21.6 Å². The van der Waals surface area contributed by atoms with Crippen LogP contribution in [0, 0.1) is 17.5 Å². The Morgan fingerprint density at radius 2 is 1.68 bits per heavy atom. The minimum atomic E-state index is -4.20. The fourth-order valence-electron chi connectivity index (χ4n) is 2.53. The summed E-state index contributed by atoms with van der Waals surface area (Å²) in [7, 11) is -4.20. The van der Waals surface area contributed by atoms with Gasteiger partial charge in [0.2, 0.25) is 15.9 Å². The van der Waals surface area contributed by atoms with Gasteiger partial charge in [0.1, 0.15) is 10.7 Å². The summed E-state index contributed by atoms with van der Waals surface area (Å²) in [6.07, 6.45) is 0.831. The molecule has 2 aromatic carbocycles. The van der Waals surface area contributed by atoms with Crippen molar-refractivity contribution >= 4 is 15.9 Å². The van der Waals surface area contributed by atoms with E-state index in [1.54, 1.807) is 6.92 Å². The minimum absolute atomic E-state index is 0.346. The lowest BCUT2D eigenvalue weighted by Crippen LogP contribution is -2.47. The van der Waals surface area contributed by atoms with Gasteiger partial charge in [-0.05, 0) is 56.5 Å². The van der Waals surface area contributed by atoms with Crippen LogP contribution in [0.4, 0.5) is 13.2 Å². The monoisotopic (exact) mass is 414 g/mol. The van der Waals surface area contributed by atoms with Crippen LogP contribution in [-0.2, 0) is 21.2 Å². The lowest BCUT2D eigenvalue weighted by Gasteiger charge is -2.19. The molecule has 2 atom stereocenters. The van der Waals surface area contributed by atoms with Gasteiger partial charge < -0.3 is 5.32 Å². The summed E-state index contributed by atoms with van der Waals surface area (Å²) < 4.78 is 66.4. The molecule has 0 radical (unpaired) electrons. The molecule has 152 valence electrons. The average Bonchev–Trinajstić information content (AvgIpc) is 2.62. The van der Waals surface area contributed by atoms with Crippen molar-refractivity contribution in [2.24, 2.45) is 0 Å². The van der Waals surface area contributed by atoms with Gasteiger partial charge in [0.15, 0.2) is 11.6 Å². The molecular weight excluding hydrogens is 393 g/mol. The van der Waals surface area contributed by atoms with Crippen molar-refractivity contribution in [1.82, 2.24) is 10.0 Å². The largest absolute Gasteiger partial charge is 0.352 e. The first-order chi connectivity index (χ1) is 13.1. The second kappa shape index (κ2) is 9.20. The molecule has 0 saturated heterocycles. The molecule has 0 aromatic heterocycles. The van der Waals surface area contributed by atoms with E-state index in [2.05, 4.69) is 10.0 Å². The van der Waals surface area contributed by atoms with Gasteiger partial charge in [0.05, 0.1) is 6.04 Å². The topological polar surface area (TPSA) is 75.3 Å². The zero-order valence-electron chi connectivity index (χ0n) is 15.4. The predicted octanol–water partition coefficient (Wildman–Crippen LogP) is 2.91. The van der Waals surface area contributed by atoms with Gasteiger partial charge in [0.25, 0.3) is 0 Å². The summed E-state index contributed by atoms with van der Waals surface area (Å²) in [6.45, 7) is 3.05. The van der Waals surface area contributed by atoms with Crippen LogP contribution in [0.2, 0.25) is 0 Å². The maximum atomic E-state index is 13.7. The molecule has 0 heterocycles. The SMILES string of the molecule is CC(CCc1ccc(F)c(F)c1)NC(=O)[C@H](C)NS(=O)(=O)c1ccccc1F. The molecule has 1 unspecified atom stereocenters. The van der Waals surface area contributed by atoms with Crippen molar-refractivity contribution in [3.05, 3.63) is 65.5 Å². The maximum absolute atomic E-state index is 13.7. The van der Waals surface area contributed by atoms with Crippen molar-refractivity contribution in [2.75, 3.05) is 0 Å². The number of aryl methyl sites for hydroxylation is 1. The highest BCUT2D eigenvalue weighted by atomic mass is 32.2. The summed E-state index contributed by atoms with van der Waals surface area (Å²) in [6, 6.07) is 6.96. The zero-order chi connectivity index (χ0) is 20.9. The third-order valence-corrected chi connectivity index (χ3v) is 5.66. The number of rotatable bonds is 8. The van der Waals surface area contributed by atoms with Crippen LogP contribution in [0.1, 0.15) is 25.8 Å². The van der Waals surface area contributed by atoms with E-state index in [1.807, 2.05) is 0 Å². The van der Waals surface area contributed by atoms with Crippen molar-refractivity contribution < 1.29 is 26.4 Å². The molecule has 0 saturated carbocycles. The number of carbonyl (C=O) groups is 1. The molecule has 2 aromatic rings. The van der Waals surface area contributed by atoms with Crippen molar-refractivity contribution in [3.63, 3.8) is 0 Å². The van der Waals surface area contributed by atoms with Gasteiger partial charge in [-0.2, -0.15) is 4.72 Å². The Bertz CT molecular complexity index is 951. The molecule has 1 amide bonds. The molecule has 0 aliphatic heterocycles. The van der Waals surface area contributed by atoms with E-state index in [1.165, 1.54) is 25.1 Å². The van der Waals surface area contributed by atoms with Crippen LogP contribution in [0.25, 0.3) is 0 Å². The van der Waals surface area contributed by atoms with E-state index < -0.39 is 44.3 Å². The van der Waals surface area contributed by atoms with Crippen LogP contribution in [0.15, 0.2) is 47.4 Å². The quantitative estimate of drug-likeness (QED) is 0.698. The maximum Gasteiger partial charge on any atom is 0.244 e. The highest BCUT2D eigenvalue weighted by molar-refractivity contribution is 7.89. The van der Waals surface area contributed by atoms with Crippen molar-refractivity contribution in [3.8, 4) is 0 Å². The van der Waals surface area contributed by atoms with Crippen LogP contribution >= 0.6 is 0 Å². The van der Waals surface area contributed by atoms with E-state index >= 15 is 0 Å². The minimum Gasteiger partial charge on any atom is -0.352 e. The van der Waals surface area contributed by atoms with Gasteiger partial charge in [0, 0.05) is 6.04 Å². The van der Waals surface area contributed by atoms with E-state index in [-0.39, 0.29) is 6.04 Å². The fourth-order valence-corrected chi connectivity index (χ4v) is 3.81. The summed E-state index contributed by atoms with van der Waals surface area (Å²) in [5.41, 5.74) is 0.577. The van der Waals surface area contributed by atoms with Crippen molar-refractivity contribution in [1.29, 1.82) is 0 Å². The molecule has 0 spiro atoms. The summed E-state index contributed by atoms with van der Waals surface area (Å²) >= 11 is 0. The average molecular weight is 414 g/mol. The summed E-state index contributed by atoms with van der Waals surface area (Å²) in [5, 5.41) is 2.64. The molecule has 0 bridgehead atoms. The predicted molar refractivity (Wildman–Crippen MR) is 98.5 cm³/mol. The van der Waals surface area contributed by atoms with Crippen LogP contribution in [0.3, 0.4) is 0 Å². The number of carbonyl (C=O) groups excluding carboxylic acids is 1. The Balaban J connectivity index is 1.90. The third kappa shape index (κ3) is 5.80. The van der Waals surface area contributed by atoms with Gasteiger partial charge in [-0.3, -0.25) is 4.79 Å². The molecule has 2 rings (SSSR count). The number of halogens is 3. The van der Waals surface area contributed by atoms with E-state index in [4.69, 9.17) is 0 Å². The van der Waals surface area contributed by atoms with E-state index in [9.17, 15) is 26.4 Å². The number of nitrogens with one attached hydrogen (secondary N) is 2. The molecule has 9 heteroatoms. The Hall–Kier alpha value is -2.39. The normalized spacial score (nSPS) is 13.8. The Labute approximate surface area is 162 Å². The van der Waals surface area contributed by atoms with Crippen LogP contribution in [-0.4, -0.2) is 26.4 Å². The number of amides is 1. The molecular formula is C19H21F3N2O3S. The molecule has 0 fully saturated rings. The number of hydrogen-bond acceptors (Lipinski definition) is 3. The first kappa shape index (κ1) is 21.9. The Morgan fingerprint density at radius 1 is 1.00 bits per heavy atom. The molecule has 0 aliphatic rings. The molecule has 5 nitrogen and oxygen atoms in total. The van der Waals surface area contributed by atoms with Gasteiger partial charge >= 0.3 is 0 Å². The fraction of sp³-hybridized carbons (Fsp3) is 0.316. The first-order valence-electron chi connectivity index (χ1n) is 8.61. The third-order valence-electron chi connectivity index (χ3n) is 4.09. The van der Waals surface area contributed by atoms with Gasteiger partial charge in [-0.1, -0.05) is 18.2 Å². The van der Waals surface area contributed by atoms with Gasteiger partial charge in [-0.15, -0.1) is 0 Å². The van der Waals surface area contributed by atoms with Crippen LogP contribution in [0.5, 0.6) is 0 Å². The second-order valence-electron chi connectivity index (χ2n) is 6.47. The standard InChI is InChI=1S/C19H21F3N2O3S/c1-12(7-8-14-9-10-15(20)17(22)11-14)23-19(25)13(2)24-28(26,27)18-6-4-3-5-16(18)21/h3-6,9-13,24H,7-8H2,1-2H3,(H,23,25)/t12?,13-/m0/s1. The lowest BCUT2D eigenvalue weighted by atomic mass is 10.1. The van der Waals surface area contributed by atoms with Crippen molar-refractivity contribution in [2.45, 2.75) is 43.7 Å². The first-order valence-corrected chi connectivity index (χ1v) is 10.1. The highest BCUT2D eigenvalue weighted by Gasteiger charge is 2.25. The zero-order valence-corrected chi connectivity index (χ0v) is 16.2. The lowest BCUT2D eigenvalue weighted by molar-refractivity contribution is -0.123. The number of sulfonamides is 1. The Morgan fingerprint density at radius 3 is 2.32 bits per heavy atom. The summed E-state index contributed by atoms with van der Waals surface area (Å²) in [4.78, 5) is 11.7. The molecule has 2 N–H and O–H groups in total. The number of benzene rings is 2. The smallest absolute Gasteiger partial charge is 0.244 e. The Kier molecular flexibility index (Phi) is 7.20. The highest BCUT2D eigenvalue weighted by Crippen LogP contribution is 2.14. The van der Waals surface area contributed by atoms with Crippen LogP contribution < -0.4 is 10.0 Å². The molecule has 0 aliphatic carbocycles. The van der Waals surface area contributed by atoms with E-state index in [0.717, 1.165) is 24.3 Å². The molecule has 28 heavy (non-hydrogen) atoms. The number of hydrogen-bond donors (Lipinski definition) is 2. The van der Waals surface area contributed by atoms with E-state index in [0.29, 0.717) is 18.4 Å².